The fourth-order valence-electron chi connectivity index (χ4n) is 3.30. The zero-order chi connectivity index (χ0) is 17.8. The first-order valence-electron chi connectivity index (χ1n) is 8.79. The van der Waals surface area contributed by atoms with E-state index in [4.69, 9.17) is 9.15 Å². The molecule has 1 saturated heterocycles. The third-order valence-electron chi connectivity index (χ3n) is 4.45. The van der Waals surface area contributed by atoms with E-state index in [2.05, 4.69) is 48.3 Å². The standard InChI is InChI=1S/C20H26N2O3/c1-14-8-9-24-19(14)20(23)21-10-17-4-6-18(7-5-17)13-22-11-15(2)25-16(3)12-22/h4-9,15-16H,10-13H2,1-3H3,(H,21,23). The lowest BCUT2D eigenvalue weighted by atomic mass is 10.1. The van der Waals surface area contributed by atoms with Gasteiger partial charge in [0.25, 0.3) is 5.91 Å². The highest BCUT2D eigenvalue weighted by Crippen LogP contribution is 2.15. The SMILES string of the molecule is Cc1ccoc1C(=O)NCc1ccc(CN2CC(C)OC(C)C2)cc1. The number of nitrogens with one attached hydrogen (secondary N) is 1. The average molecular weight is 342 g/mol. The van der Waals surface area contributed by atoms with Crippen LogP contribution in [0.3, 0.4) is 0 Å². The summed E-state index contributed by atoms with van der Waals surface area (Å²) in [4.78, 5) is 14.5. The van der Waals surface area contributed by atoms with E-state index in [9.17, 15) is 4.79 Å². The number of ether oxygens (including phenoxy) is 1. The second kappa shape index (κ2) is 7.85. The van der Waals surface area contributed by atoms with E-state index in [1.807, 2.05) is 6.92 Å². The van der Waals surface area contributed by atoms with Gasteiger partial charge in [0, 0.05) is 31.7 Å². The molecule has 5 heteroatoms. The molecule has 1 aliphatic rings. The molecule has 1 N–H and O–H groups in total. The van der Waals surface area contributed by atoms with Gasteiger partial charge in [-0.1, -0.05) is 24.3 Å². The molecule has 2 heterocycles. The van der Waals surface area contributed by atoms with Crippen molar-refractivity contribution in [2.24, 2.45) is 0 Å². The van der Waals surface area contributed by atoms with Gasteiger partial charge in [0.15, 0.2) is 5.76 Å². The van der Waals surface area contributed by atoms with Crippen molar-refractivity contribution in [3.05, 3.63) is 59.0 Å². The monoisotopic (exact) mass is 342 g/mol. The van der Waals surface area contributed by atoms with Crippen molar-refractivity contribution in [1.29, 1.82) is 0 Å². The van der Waals surface area contributed by atoms with Gasteiger partial charge in [-0.2, -0.15) is 0 Å². The Bertz CT molecular complexity index is 698. The fourth-order valence-corrected chi connectivity index (χ4v) is 3.30. The Labute approximate surface area is 149 Å². The quantitative estimate of drug-likeness (QED) is 0.907. The summed E-state index contributed by atoms with van der Waals surface area (Å²) in [6.07, 6.45) is 2.10. The molecule has 25 heavy (non-hydrogen) atoms. The smallest absolute Gasteiger partial charge is 0.287 e. The van der Waals surface area contributed by atoms with Crippen LogP contribution in [0.25, 0.3) is 0 Å². The van der Waals surface area contributed by atoms with Gasteiger partial charge >= 0.3 is 0 Å². The molecule has 0 bridgehead atoms. The lowest BCUT2D eigenvalue weighted by Gasteiger charge is -2.35. The van der Waals surface area contributed by atoms with Gasteiger partial charge in [-0.15, -0.1) is 0 Å². The van der Waals surface area contributed by atoms with E-state index in [-0.39, 0.29) is 18.1 Å². The largest absolute Gasteiger partial charge is 0.459 e. The average Bonchev–Trinajstić information content (AvgIpc) is 2.99. The van der Waals surface area contributed by atoms with E-state index >= 15 is 0 Å². The first-order chi connectivity index (χ1) is 12.0. The highest BCUT2D eigenvalue weighted by Gasteiger charge is 2.21. The van der Waals surface area contributed by atoms with Crippen molar-refractivity contribution < 1.29 is 13.9 Å². The highest BCUT2D eigenvalue weighted by molar-refractivity contribution is 5.92. The number of carbonyl (C=O) groups is 1. The molecule has 0 radical (unpaired) electrons. The Morgan fingerprint density at radius 3 is 2.36 bits per heavy atom. The predicted octanol–water partition coefficient (Wildman–Crippen LogP) is 3.13. The summed E-state index contributed by atoms with van der Waals surface area (Å²) in [6.45, 7) is 9.45. The van der Waals surface area contributed by atoms with Gasteiger partial charge in [0.2, 0.25) is 0 Å². The lowest BCUT2D eigenvalue weighted by Crippen LogP contribution is -2.44. The fraction of sp³-hybridized carbons (Fsp3) is 0.450. The molecule has 5 nitrogen and oxygen atoms in total. The van der Waals surface area contributed by atoms with Gasteiger partial charge in [0.1, 0.15) is 0 Å². The van der Waals surface area contributed by atoms with Crippen LogP contribution in [-0.4, -0.2) is 36.1 Å². The molecule has 0 spiro atoms. The highest BCUT2D eigenvalue weighted by atomic mass is 16.5. The summed E-state index contributed by atoms with van der Waals surface area (Å²) < 4.78 is 11.0. The molecule has 1 amide bonds. The number of hydrogen-bond acceptors (Lipinski definition) is 4. The van der Waals surface area contributed by atoms with Crippen molar-refractivity contribution in [3.8, 4) is 0 Å². The normalized spacial score (nSPS) is 21.2. The van der Waals surface area contributed by atoms with Crippen molar-refractivity contribution >= 4 is 5.91 Å². The van der Waals surface area contributed by atoms with Crippen LogP contribution in [0.4, 0.5) is 0 Å². The molecule has 1 aliphatic heterocycles. The van der Waals surface area contributed by atoms with Crippen molar-refractivity contribution in [3.63, 3.8) is 0 Å². The Morgan fingerprint density at radius 2 is 1.76 bits per heavy atom. The Morgan fingerprint density at radius 1 is 1.12 bits per heavy atom. The molecule has 0 aliphatic carbocycles. The van der Waals surface area contributed by atoms with Gasteiger partial charge < -0.3 is 14.5 Å². The lowest BCUT2D eigenvalue weighted by molar-refractivity contribution is -0.0704. The number of nitrogens with zero attached hydrogens (tertiary/aromatic N) is 1. The molecule has 1 fully saturated rings. The van der Waals surface area contributed by atoms with Crippen LogP contribution in [0.2, 0.25) is 0 Å². The molecular weight excluding hydrogens is 316 g/mol. The second-order valence-electron chi connectivity index (χ2n) is 6.88. The molecule has 2 atom stereocenters. The minimum Gasteiger partial charge on any atom is -0.459 e. The number of amides is 1. The number of rotatable bonds is 5. The third kappa shape index (κ3) is 4.71. The van der Waals surface area contributed by atoms with Crippen LogP contribution in [0.15, 0.2) is 41.0 Å². The van der Waals surface area contributed by atoms with Crippen LogP contribution in [-0.2, 0) is 17.8 Å². The van der Waals surface area contributed by atoms with Crippen LogP contribution >= 0.6 is 0 Å². The summed E-state index contributed by atoms with van der Waals surface area (Å²) in [5, 5.41) is 2.89. The Hall–Kier alpha value is -2.11. The number of aryl methyl sites for hydroxylation is 1. The summed E-state index contributed by atoms with van der Waals surface area (Å²) in [6, 6.07) is 10.2. The van der Waals surface area contributed by atoms with E-state index in [1.165, 1.54) is 11.8 Å². The van der Waals surface area contributed by atoms with Gasteiger partial charge in [-0.3, -0.25) is 9.69 Å². The molecule has 1 aromatic heterocycles. The molecule has 3 rings (SSSR count). The van der Waals surface area contributed by atoms with E-state index in [0.29, 0.717) is 12.3 Å². The van der Waals surface area contributed by atoms with E-state index < -0.39 is 0 Å². The maximum atomic E-state index is 12.1. The Kier molecular flexibility index (Phi) is 5.56. The maximum Gasteiger partial charge on any atom is 0.287 e. The van der Waals surface area contributed by atoms with Gasteiger partial charge in [0.05, 0.1) is 18.5 Å². The number of hydrogen-bond donors (Lipinski definition) is 1. The zero-order valence-corrected chi connectivity index (χ0v) is 15.1. The maximum absolute atomic E-state index is 12.1. The van der Waals surface area contributed by atoms with E-state index in [1.54, 1.807) is 6.07 Å². The number of furan rings is 1. The molecule has 0 saturated carbocycles. The van der Waals surface area contributed by atoms with Crippen molar-refractivity contribution in [2.45, 2.75) is 46.1 Å². The topological polar surface area (TPSA) is 54.7 Å². The molecular formula is C20H26N2O3. The minimum absolute atomic E-state index is 0.178. The second-order valence-corrected chi connectivity index (χ2v) is 6.88. The number of morpholine rings is 1. The third-order valence-corrected chi connectivity index (χ3v) is 4.45. The predicted molar refractivity (Wildman–Crippen MR) is 96.3 cm³/mol. The van der Waals surface area contributed by atoms with Crippen LogP contribution in [0.1, 0.15) is 41.1 Å². The summed E-state index contributed by atoms with van der Waals surface area (Å²) in [5.74, 6) is 0.204. The van der Waals surface area contributed by atoms with Gasteiger partial charge in [-0.25, -0.2) is 0 Å². The van der Waals surface area contributed by atoms with Crippen LogP contribution in [0.5, 0.6) is 0 Å². The minimum atomic E-state index is -0.178. The first-order valence-corrected chi connectivity index (χ1v) is 8.79. The van der Waals surface area contributed by atoms with Gasteiger partial charge in [-0.05, 0) is 38.0 Å². The molecule has 2 aromatic rings. The number of carbonyl (C=O) groups excluding carboxylic acids is 1. The Balaban J connectivity index is 1.52. The van der Waals surface area contributed by atoms with Crippen molar-refractivity contribution in [1.82, 2.24) is 10.2 Å². The van der Waals surface area contributed by atoms with Crippen molar-refractivity contribution in [2.75, 3.05) is 13.1 Å². The summed E-state index contributed by atoms with van der Waals surface area (Å²) >= 11 is 0. The zero-order valence-electron chi connectivity index (χ0n) is 15.1. The molecule has 2 unspecified atom stereocenters. The molecule has 134 valence electrons. The van der Waals surface area contributed by atoms with Crippen LogP contribution < -0.4 is 5.32 Å². The summed E-state index contributed by atoms with van der Waals surface area (Å²) in [5.41, 5.74) is 3.20. The van der Waals surface area contributed by atoms with E-state index in [0.717, 1.165) is 30.8 Å². The summed E-state index contributed by atoms with van der Waals surface area (Å²) in [7, 11) is 0. The number of benzene rings is 1. The van der Waals surface area contributed by atoms with Crippen LogP contribution in [0, 0.1) is 6.92 Å². The first kappa shape index (κ1) is 17.7. The molecule has 1 aromatic carbocycles.